The van der Waals surface area contributed by atoms with Crippen molar-refractivity contribution in [2.24, 2.45) is 0 Å². The lowest BCUT2D eigenvalue weighted by Gasteiger charge is -2.37. The Morgan fingerprint density at radius 1 is 1.48 bits per heavy atom. The van der Waals surface area contributed by atoms with Crippen molar-refractivity contribution in [3.8, 4) is 0 Å². The Morgan fingerprint density at radius 2 is 2.30 bits per heavy atom. The molecule has 1 aromatic heterocycles. The van der Waals surface area contributed by atoms with E-state index in [1.807, 2.05) is 30.0 Å². The topological polar surface area (TPSA) is 62.7 Å². The number of para-hydroxylation sites is 1. The number of hydrogen-bond acceptors (Lipinski definition) is 5. The van der Waals surface area contributed by atoms with Gasteiger partial charge in [-0.2, -0.15) is 0 Å². The normalized spacial score (nSPS) is 21.7. The van der Waals surface area contributed by atoms with E-state index in [0.717, 1.165) is 23.4 Å². The summed E-state index contributed by atoms with van der Waals surface area (Å²) in [6.07, 6.45) is 1.89. The number of fused-ring (bicyclic) bond motifs is 1. The van der Waals surface area contributed by atoms with Gasteiger partial charge in [0.15, 0.2) is 0 Å². The average molecular weight is 334 g/mol. The molecule has 1 aliphatic heterocycles. The van der Waals surface area contributed by atoms with Gasteiger partial charge in [-0.25, -0.2) is 4.98 Å². The summed E-state index contributed by atoms with van der Waals surface area (Å²) < 4.78 is 6.67. The Balaban J connectivity index is 1.52. The van der Waals surface area contributed by atoms with E-state index in [1.54, 1.807) is 11.3 Å². The van der Waals surface area contributed by atoms with E-state index in [1.165, 1.54) is 4.70 Å². The first-order chi connectivity index (χ1) is 11.2. The van der Waals surface area contributed by atoms with E-state index in [0.29, 0.717) is 19.6 Å². The fourth-order valence-corrected chi connectivity index (χ4v) is 3.85. The van der Waals surface area contributed by atoms with Crippen molar-refractivity contribution in [2.75, 3.05) is 19.8 Å². The molecule has 3 rings (SSSR count). The molecule has 0 saturated carbocycles. The fourth-order valence-electron chi connectivity index (χ4n) is 2.84. The van der Waals surface area contributed by atoms with Crippen molar-refractivity contribution >= 4 is 27.5 Å². The Labute approximate surface area is 139 Å². The monoisotopic (exact) mass is 334 g/mol. The van der Waals surface area contributed by atoms with Crippen molar-refractivity contribution in [1.29, 1.82) is 0 Å². The van der Waals surface area contributed by atoms with Gasteiger partial charge < -0.3 is 14.7 Å². The molecule has 124 valence electrons. The fraction of sp³-hybridized carbons (Fsp3) is 0.529. The van der Waals surface area contributed by atoms with Gasteiger partial charge in [0.1, 0.15) is 0 Å². The molecule has 0 spiro atoms. The molecule has 0 bridgehead atoms. The second-order valence-electron chi connectivity index (χ2n) is 5.96. The summed E-state index contributed by atoms with van der Waals surface area (Å²) in [4.78, 5) is 18.8. The van der Waals surface area contributed by atoms with Crippen LogP contribution in [0.5, 0.6) is 0 Å². The summed E-state index contributed by atoms with van der Waals surface area (Å²) in [5, 5.41) is 10.3. The number of aryl methyl sites for hydroxylation is 1. The van der Waals surface area contributed by atoms with Crippen LogP contribution in [0.15, 0.2) is 24.3 Å². The Morgan fingerprint density at radius 3 is 3.09 bits per heavy atom. The highest BCUT2D eigenvalue weighted by molar-refractivity contribution is 7.18. The Kier molecular flexibility index (Phi) is 5.25. The lowest BCUT2D eigenvalue weighted by Crippen LogP contribution is -2.52. The number of ether oxygens (including phenoxy) is 1. The largest absolute Gasteiger partial charge is 0.394 e. The lowest BCUT2D eigenvalue weighted by atomic mass is 10.1. The van der Waals surface area contributed by atoms with Gasteiger partial charge in [-0.15, -0.1) is 11.3 Å². The molecule has 2 atom stereocenters. The third-order valence-corrected chi connectivity index (χ3v) is 5.25. The maximum absolute atomic E-state index is 12.4. The van der Waals surface area contributed by atoms with Crippen LogP contribution in [0.3, 0.4) is 0 Å². The third kappa shape index (κ3) is 3.88. The van der Waals surface area contributed by atoms with Crippen LogP contribution in [0.25, 0.3) is 10.2 Å². The lowest BCUT2D eigenvalue weighted by molar-refractivity contribution is -0.146. The molecule has 0 radical (unpaired) electrons. The molecule has 5 nitrogen and oxygen atoms in total. The summed E-state index contributed by atoms with van der Waals surface area (Å²) in [7, 11) is 0. The zero-order valence-electron chi connectivity index (χ0n) is 13.3. The number of thiazole rings is 1. The zero-order valence-corrected chi connectivity index (χ0v) is 14.1. The summed E-state index contributed by atoms with van der Waals surface area (Å²) in [6.45, 7) is 2.92. The van der Waals surface area contributed by atoms with E-state index in [9.17, 15) is 9.90 Å². The van der Waals surface area contributed by atoms with Gasteiger partial charge in [-0.3, -0.25) is 4.79 Å². The zero-order chi connectivity index (χ0) is 16.2. The number of morpholine rings is 1. The first-order valence-electron chi connectivity index (χ1n) is 8.03. The van der Waals surface area contributed by atoms with Gasteiger partial charge in [0.2, 0.25) is 5.91 Å². The molecule has 0 aliphatic carbocycles. The van der Waals surface area contributed by atoms with Crippen molar-refractivity contribution < 1.29 is 14.6 Å². The van der Waals surface area contributed by atoms with Crippen LogP contribution in [-0.4, -0.2) is 52.8 Å². The second kappa shape index (κ2) is 7.38. The number of aliphatic hydroxyl groups excluding tert-OH is 1. The van der Waals surface area contributed by atoms with E-state index < -0.39 is 0 Å². The number of carbonyl (C=O) groups excluding carboxylic acids is 1. The maximum atomic E-state index is 12.4. The molecule has 1 saturated heterocycles. The molecule has 2 heterocycles. The molecule has 1 aromatic carbocycles. The van der Waals surface area contributed by atoms with E-state index in [4.69, 9.17) is 4.74 Å². The summed E-state index contributed by atoms with van der Waals surface area (Å²) in [5.74, 6) is 0.139. The third-order valence-electron chi connectivity index (χ3n) is 4.15. The standard InChI is InChI=1S/C17H22N2O3S/c1-12-11-22-13(10-20)9-19(12)17(21)8-4-7-16-18-14-5-2-3-6-15(14)23-16/h2-3,5-6,12-13,20H,4,7-11H2,1H3. The van der Waals surface area contributed by atoms with Crippen molar-refractivity contribution in [3.63, 3.8) is 0 Å². The van der Waals surface area contributed by atoms with Crippen molar-refractivity contribution in [3.05, 3.63) is 29.3 Å². The van der Waals surface area contributed by atoms with E-state index >= 15 is 0 Å². The van der Waals surface area contributed by atoms with E-state index in [-0.39, 0.29) is 24.7 Å². The molecule has 1 N–H and O–H groups in total. The molecule has 2 aromatic rings. The van der Waals surface area contributed by atoms with Crippen LogP contribution in [-0.2, 0) is 16.0 Å². The smallest absolute Gasteiger partial charge is 0.222 e. The maximum Gasteiger partial charge on any atom is 0.222 e. The first kappa shape index (κ1) is 16.4. The average Bonchev–Trinajstić information content (AvgIpc) is 2.98. The number of carbonyl (C=O) groups is 1. The van der Waals surface area contributed by atoms with Crippen molar-refractivity contribution in [1.82, 2.24) is 9.88 Å². The number of rotatable bonds is 5. The van der Waals surface area contributed by atoms with Gasteiger partial charge in [0.25, 0.3) is 0 Å². The van der Waals surface area contributed by atoms with Crippen LogP contribution >= 0.6 is 11.3 Å². The number of amides is 1. The Hall–Kier alpha value is -1.50. The van der Waals surface area contributed by atoms with Crippen LogP contribution in [0.2, 0.25) is 0 Å². The van der Waals surface area contributed by atoms with Gasteiger partial charge in [0.05, 0.1) is 40.6 Å². The molecular formula is C17H22N2O3S. The predicted octanol–water partition coefficient (Wildman–Crippen LogP) is 2.23. The summed E-state index contributed by atoms with van der Waals surface area (Å²) in [6, 6.07) is 8.18. The molecule has 2 unspecified atom stereocenters. The summed E-state index contributed by atoms with van der Waals surface area (Å²) in [5.41, 5.74) is 1.03. The minimum absolute atomic E-state index is 0.0395. The number of aliphatic hydroxyl groups is 1. The molecule has 1 aliphatic rings. The highest BCUT2D eigenvalue weighted by atomic mass is 32.1. The highest BCUT2D eigenvalue weighted by Gasteiger charge is 2.28. The second-order valence-corrected chi connectivity index (χ2v) is 7.08. The number of benzene rings is 1. The van der Waals surface area contributed by atoms with Crippen LogP contribution in [0.1, 0.15) is 24.8 Å². The number of nitrogens with zero attached hydrogens (tertiary/aromatic N) is 2. The minimum Gasteiger partial charge on any atom is -0.394 e. The van der Waals surface area contributed by atoms with Gasteiger partial charge in [-0.05, 0) is 31.9 Å². The predicted molar refractivity (Wildman–Crippen MR) is 90.6 cm³/mol. The SMILES string of the molecule is CC1COC(CO)CN1C(=O)CCCc1nc2ccccc2s1. The highest BCUT2D eigenvalue weighted by Crippen LogP contribution is 2.23. The quantitative estimate of drug-likeness (QED) is 0.911. The van der Waals surface area contributed by atoms with Crippen molar-refractivity contribution in [2.45, 2.75) is 38.3 Å². The Bertz CT molecular complexity index is 640. The minimum atomic E-state index is -0.251. The number of hydrogen-bond donors (Lipinski definition) is 1. The number of aromatic nitrogens is 1. The van der Waals surface area contributed by atoms with Crippen LogP contribution in [0.4, 0.5) is 0 Å². The van der Waals surface area contributed by atoms with Crippen LogP contribution in [0, 0.1) is 0 Å². The van der Waals surface area contributed by atoms with Crippen LogP contribution < -0.4 is 0 Å². The summed E-state index contributed by atoms with van der Waals surface area (Å²) >= 11 is 1.70. The molecular weight excluding hydrogens is 312 g/mol. The molecule has 1 fully saturated rings. The van der Waals surface area contributed by atoms with Gasteiger partial charge in [-0.1, -0.05) is 12.1 Å². The first-order valence-corrected chi connectivity index (χ1v) is 8.85. The molecule has 6 heteroatoms. The molecule has 23 heavy (non-hydrogen) atoms. The van der Waals surface area contributed by atoms with Gasteiger partial charge >= 0.3 is 0 Å². The molecule has 1 amide bonds. The van der Waals surface area contributed by atoms with Gasteiger partial charge in [0, 0.05) is 13.0 Å². The van der Waals surface area contributed by atoms with E-state index in [2.05, 4.69) is 11.1 Å².